The lowest BCUT2D eigenvalue weighted by Crippen LogP contribution is -2.31. The number of methoxy groups -OCH3 is 2. The summed E-state index contributed by atoms with van der Waals surface area (Å²) in [5, 5.41) is 3.66. The monoisotopic (exact) mass is 411 g/mol. The number of benzene rings is 2. The van der Waals surface area contributed by atoms with Crippen molar-refractivity contribution >= 4 is 35.1 Å². The van der Waals surface area contributed by atoms with Gasteiger partial charge in [0.1, 0.15) is 5.56 Å². The fourth-order valence-electron chi connectivity index (χ4n) is 2.47. The number of para-hydroxylation sites is 1. The van der Waals surface area contributed by atoms with E-state index < -0.39 is 18.5 Å². The molecule has 0 radical (unpaired) electrons. The highest BCUT2D eigenvalue weighted by Crippen LogP contribution is 2.31. The Morgan fingerprint density at radius 2 is 1.85 bits per heavy atom. The summed E-state index contributed by atoms with van der Waals surface area (Å²) in [7, 11) is 2.88. The third kappa shape index (κ3) is 5.28. The van der Waals surface area contributed by atoms with Gasteiger partial charge in [0.25, 0.3) is 5.91 Å². The molecule has 6 nitrogen and oxygen atoms in total. The van der Waals surface area contributed by atoms with Gasteiger partial charge in [-0.25, -0.2) is 4.79 Å². The second kappa shape index (κ2) is 9.48. The van der Waals surface area contributed by atoms with Gasteiger partial charge in [0.05, 0.1) is 20.3 Å². The smallest absolute Gasteiger partial charge is 0.342 e. The molecule has 1 amide bonds. The maximum Gasteiger partial charge on any atom is 0.342 e. The number of halogens is 2. The fraction of sp³-hybridized carbons (Fsp3) is 0.263. The minimum atomic E-state index is -0.696. The average molecular weight is 412 g/mol. The van der Waals surface area contributed by atoms with Crippen molar-refractivity contribution in [3.05, 3.63) is 57.6 Å². The summed E-state index contributed by atoms with van der Waals surface area (Å²) in [6, 6.07) is 9.42. The van der Waals surface area contributed by atoms with Crippen molar-refractivity contribution < 1.29 is 23.8 Å². The lowest BCUT2D eigenvalue weighted by Gasteiger charge is -2.16. The normalized spacial score (nSPS) is 11.4. The van der Waals surface area contributed by atoms with Crippen LogP contribution in [0.25, 0.3) is 0 Å². The number of ether oxygens (including phenoxy) is 3. The molecule has 1 N–H and O–H groups in total. The van der Waals surface area contributed by atoms with Gasteiger partial charge in [-0.1, -0.05) is 35.3 Å². The lowest BCUT2D eigenvalue weighted by molar-refractivity contribution is -0.124. The van der Waals surface area contributed by atoms with E-state index in [0.29, 0.717) is 21.4 Å². The molecule has 2 rings (SSSR count). The Labute approximate surface area is 167 Å². The van der Waals surface area contributed by atoms with E-state index in [2.05, 4.69) is 5.32 Å². The topological polar surface area (TPSA) is 73.9 Å². The maximum absolute atomic E-state index is 12.3. The van der Waals surface area contributed by atoms with Crippen LogP contribution in [0.1, 0.15) is 28.9 Å². The molecule has 0 fully saturated rings. The molecule has 8 heteroatoms. The lowest BCUT2D eigenvalue weighted by atomic mass is 10.1. The van der Waals surface area contributed by atoms with E-state index in [-0.39, 0.29) is 17.4 Å². The van der Waals surface area contributed by atoms with Gasteiger partial charge in [0.15, 0.2) is 18.1 Å². The molecule has 0 bridgehead atoms. The van der Waals surface area contributed by atoms with Crippen LogP contribution in [-0.2, 0) is 9.53 Å². The SMILES string of the molecule is COc1cccc(C(=O)OCC(=O)NC(C)c2ccc(Cl)cc2Cl)c1OC. The Balaban J connectivity index is 1.98. The third-order valence-corrected chi connectivity index (χ3v) is 4.33. The van der Waals surface area contributed by atoms with Crippen molar-refractivity contribution in [3.63, 3.8) is 0 Å². The molecule has 0 aliphatic carbocycles. The Morgan fingerprint density at radius 1 is 1.11 bits per heavy atom. The number of nitrogens with one attached hydrogen (secondary N) is 1. The molecule has 0 saturated carbocycles. The summed E-state index contributed by atoms with van der Waals surface area (Å²) in [6.07, 6.45) is 0. The van der Waals surface area contributed by atoms with E-state index in [0.717, 1.165) is 0 Å². The van der Waals surface area contributed by atoms with Gasteiger partial charge in [-0.2, -0.15) is 0 Å². The molecule has 0 aromatic heterocycles. The van der Waals surface area contributed by atoms with Gasteiger partial charge < -0.3 is 19.5 Å². The van der Waals surface area contributed by atoms with Crippen LogP contribution >= 0.6 is 23.2 Å². The first kappa shape index (κ1) is 20.9. The molecular formula is C19H19Cl2NO5. The van der Waals surface area contributed by atoms with Gasteiger partial charge >= 0.3 is 5.97 Å². The minimum Gasteiger partial charge on any atom is -0.493 e. The van der Waals surface area contributed by atoms with Gasteiger partial charge in [0.2, 0.25) is 0 Å². The van der Waals surface area contributed by atoms with Crippen molar-refractivity contribution in [1.82, 2.24) is 5.32 Å². The highest BCUT2D eigenvalue weighted by atomic mass is 35.5. The predicted octanol–water partition coefficient (Wildman–Crippen LogP) is 4.04. The minimum absolute atomic E-state index is 0.165. The van der Waals surface area contributed by atoms with Gasteiger partial charge in [-0.05, 0) is 36.8 Å². The van der Waals surface area contributed by atoms with Crippen molar-refractivity contribution in [2.75, 3.05) is 20.8 Å². The van der Waals surface area contributed by atoms with Crippen molar-refractivity contribution in [3.8, 4) is 11.5 Å². The van der Waals surface area contributed by atoms with E-state index in [1.165, 1.54) is 20.3 Å². The number of hydrogen-bond donors (Lipinski definition) is 1. The molecule has 0 saturated heterocycles. The van der Waals surface area contributed by atoms with Crippen molar-refractivity contribution in [2.24, 2.45) is 0 Å². The molecule has 0 spiro atoms. The van der Waals surface area contributed by atoms with Gasteiger partial charge in [0, 0.05) is 10.0 Å². The molecule has 2 aromatic rings. The van der Waals surface area contributed by atoms with Crippen LogP contribution < -0.4 is 14.8 Å². The number of carbonyl (C=O) groups excluding carboxylic acids is 2. The zero-order valence-corrected chi connectivity index (χ0v) is 16.6. The van der Waals surface area contributed by atoms with E-state index in [9.17, 15) is 9.59 Å². The number of esters is 1. The first-order valence-corrected chi connectivity index (χ1v) is 8.75. The number of carbonyl (C=O) groups is 2. The Bertz CT molecular complexity index is 841. The molecule has 2 aromatic carbocycles. The Kier molecular flexibility index (Phi) is 7.33. The highest BCUT2D eigenvalue weighted by Gasteiger charge is 2.19. The second-order valence-electron chi connectivity index (χ2n) is 5.57. The molecule has 144 valence electrons. The fourth-order valence-corrected chi connectivity index (χ4v) is 3.04. The van der Waals surface area contributed by atoms with Crippen LogP contribution in [0.4, 0.5) is 0 Å². The summed E-state index contributed by atoms with van der Waals surface area (Å²) >= 11 is 12.0. The first-order valence-electron chi connectivity index (χ1n) is 7.99. The van der Waals surface area contributed by atoms with Gasteiger partial charge in [-0.15, -0.1) is 0 Å². The van der Waals surface area contributed by atoms with Crippen LogP contribution in [0.5, 0.6) is 11.5 Å². The largest absolute Gasteiger partial charge is 0.493 e. The predicted molar refractivity (Wildman–Crippen MR) is 103 cm³/mol. The highest BCUT2D eigenvalue weighted by molar-refractivity contribution is 6.35. The van der Waals surface area contributed by atoms with Crippen molar-refractivity contribution in [2.45, 2.75) is 13.0 Å². The van der Waals surface area contributed by atoms with Crippen LogP contribution in [0.15, 0.2) is 36.4 Å². The maximum atomic E-state index is 12.3. The average Bonchev–Trinajstić information content (AvgIpc) is 2.65. The Morgan fingerprint density at radius 3 is 2.48 bits per heavy atom. The molecule has 0 aliphatic rings. The summed E-state index contributed by atoms with van der Waals surface area (Å²) in [5.41, 5.74) is 0.869. The second-order valence-corrected chi connectivity index (χ2v) is 6.42. The summed E-state index contributed by atoms with van der Waals surface area (Å²) in [4.78, 5) is 24.4. The molecule has 1 atom stereocenters. The van der Waals surface area contributed by atoms with Crippen LogP contribution in [0.3, 0.4) is 0 Å². The van der Waals surface area contributed by atoms with E-state index in [4.69, 9.17) is 37.4 Å². The summed E-state index contributed by atoms with van der Waals surface area (Å²) < 4.78 is 15.4. The van der Waals surface area contributed by atoms with Crippen molar-refractivity contribution in [1.29, 1.82) is 0 Å². The summed E-state index contributed by atoms with van der Waals surface area (Å²) in [6.45, 7) is 1.31. The molecule has 0 aliphatic heterocycles. The molecule has 0 heterocycles. The number of hydrogen-bond acceptors (Lipinski definition) is 5. The summed E-state index contributed by atoms with van der Waals surface area (Å²) in [5.74, 6) is -0.532. The first-order chi connectivity index (χ1) is 12.9. The van der Waals surface area contributed by atoms with E-state index >= 15 is 0 Å². The zero-order valence-electron chi connectivity index (χ0n) is 15.0. The van der Waals surface area contributed by atoms with E-state index in [1.807, 2.05) is 0 Å². The third-order valence-electron chi connectivity index (χ3n) is 3.76. The van der Waals surface area contributed by atoms with Crippen LogP contribution in [0, 0.1) is 0 Å². The van der Waals surface area contributed by atoms with E-state index in [1.54, 1.807) is 37.3 Å². The van der Waals surface area contributed by atoms with Gasteiger partial charge in [-0.3, -0.25) is 4.79 Å². The quantitative estimate of drug-likeness (QED) is 0.695. The molecular weight excluding hydrogens is 393 g/mol. The number of rotatable bonds is 7. The zero-order chi connectivity index (χ0) is 20.0. The number of amides is 1. The van der Waals surface area contributed by atoms with Crippen LogP contribution in [0.2, 0.25) is 10.0 Å². The Hall–Kier alpha value is -2.44. The molecule has 27 heavy (non-hydrogen) atoms. The van der Waals surface area contributed by atoms with Crippen LogP contribution in [-0.4, -0.2) is 32.7 Å². The molecule has 1 unspecified atom stereocenters. The standard InChI is InChI=1S/C19H19Cl2NO5/c1-11(13-8-7-12(20)9-15(13)21)22-17(23)10-27-19(24)14-5-4-6-16(25-2)18(14)26-3/h4-9,11H,10H2,1-3H3,(H,22,23).